The lowest BCUT2D eigenvalue weighted by atomic mass is 10.1. The van der Waals surface area contributed by atoms with Crippen molar-refractivity contribution in [2.75, 3.05) is 25.0 Å². The number of anilines is 1. The summed E-state index contributed by atoms with van der Waals surface area (Å²) < 4.78 is 1.23. The van der Waals surface area contributed by atoms with Crippen LogP contribution in [0.2, 0.25) is 0 Å². The second kappa shape index (κ2) is 5.77. The number of rotatable bonds is 4. The maximum Gasteiger partial charge on any atom is 0.211 e. The van der Waals surface area contributed by atoms with Crippen molar-refractivity contribution in [1.29, 1.82) is 0 Å². The van der Waals surface area contributed by atoms with Crippen LogP contribution in [0.1, 0.15) is 18.2 Å². The SMILES string of the molecule is CCN1CC=C(c2cc3c(NC=O)cccc3s2)CC1. The molecule has 1 amide bonds. The lowest BCUT2D eigenvalue weighted by Crippen LogP contribution is -2.27. The molecule has 0 saturated heterocycles. The molecule has 0 atom stereocenters. The Bertz CT molecular complexity index is 660. The van der Waals surface area contributed by atoms with E-state index in [0.717, 1.165) is 43.5 Å². The highest BCUT2D eigenvalue weighted by molar-refractivity contribution is 7.20. The Kier molecular flexibility index (Phi) is 3.85. The zero-order valence-electron chi connectivity index (χ0n) is 11.6. The molecule has 0 unspecified atom stereocenters. The van der Waals surface area contributed by atoms with Gasteiger partial charge in [-0.15, -0.1) is 11.3 Å². The second-order valence-corrected chi connectivity index (χ2v) is 6.05. The van der Waals surface area contributed by atoms with Gasteiger partial charge in [0, 0.05) is 33.7 Å². The summed E-state index contributed by atoms with van der Waals surface area (Å²) >= 11 is 1.81. The zero-order valence-corrected chi connectivity index (χ0v) is 12.4. The molecule has 1 aliphatic rings. The number of carbonyl (C=O) groups excluding carboxylic acids is 1. The lowest BCUT2D eigenvalue weighted by Gasteiger charge is -2.24. The van der Waals surface area contributed by atoms with Crippen LogP contribution in [0.3, 0.4) is 0 Å². The monoisotopic (exact) mass is 286 g/mol. The van der Waals surface area contributed by atoms with Crippen LogP contribution in [0.15, 0.2) is 30.3 Å². The van der Waals surface area contributed by atoms with Crippen molar-refractivity contribution in [3.8, 4) is 0 Å². The normalized spacial score (nSPS) is 16.1. The van der Waals surface area contributed by atoms with Gasteiger partial charge in [-0.25, -0.2) is 0 Å². The third kappa shape index (κ3) is 2.49. The topological polar surface area (TPSA) is 32.3 Å². The first kappa shape index (κ1) is 13.3. The van der Waals surface area contributed by atoms with Crippen LogP contribution in [0.4, 0.5) is 5.69 Å². The van der Waals surface area contributed by atoms with Crippen LogP contribution in [-0.2, 0) is 4.79 Å². The maximum absolute atomic E-state index is 10.7. The van der Waals surface area contributed by atoms with Crippen molar-refractivity contribution < 1.29 is 4.79 Å². The van der Waals surface area contributed by atoms with E-state index in [1.807, 2.05) is 23.5 Å². The smallest absolute Gasteiger partial charge is 0.211 e. The zero-order chi connectivity index (χ0) is 13.9. The van der Waals surface area contributed by atoms with Gasteiger partial charge in [0.05, 0.1) is 0 Å². The molecule has 0 spiro atoms. The third-order valence-corrected chi connectivity index (χ3v) is 5.01. The molecular formula is C16H18N2OS. The number of amides is 1. The molecule has 3 nitrogen and oxygen atoms in total. The average molecular weight is 286 g/mol. The first-order valence-corrected chi connectivity index (χ1v) is 7.78. The van der Waals surface area contributed by atoms with Crippen molar-refractivity contribution in [1.82, 2.24) is 4.90 Å². The fraction of sp³-hybridized carbons (Fsp3) is 0.312. The maximum atomic E-state index is 10.7. The number of likely N-dealkylation sites (N-methyl/N-ethyl adjacent to an activating group) is 1. The number of hydrogen-bond acceptors (Lipinski definition) is 3. The first-order valence-electron chi connectivity index (χ1n) is 6.96. The van der Waals surface area contributed by atoms with E-state index in [-0.39, 0.29) is 0 Å². The molecule has 104 valence electrons. The Hall–Kier alpha value is -1.65. The van der Waals surface area contributed by atoms with Gasteiger partial charge in [0.25, 0.3) is 0 Å². The van der Waals surface area contributed by atoms with E-state index in [2.05, 4.69) is 35.3 Å². The van der Waals surface area contributed by atoms with Gasteiger partial charge in [0.15, 0.2) is 0 Å². The van der Waals surface area contributed by atoms with E-state index >= 15 is 0 Å². The van der Waals surface area contributed by atoms with Crippen LogP contribution in [-0.4, -0.2) is 30.9 Å². The summed E-state index contributed by atoms with van der Waals surface area (Å²) in [6, 6.07) is 8.25. The van der Waals surface area contributed by atoms with E-state index in [1.54, 1.807) is 0 Å². The molecule has 0 saturated carbocycles. The van der Waals surface area contributed by atoms with Crippen LogP contribution < -0.4 is 5.32 Å². The van der Waals surface area contributed by atoms with Gasteiger partial charge in [-0.1, -0.05) is 19.1 Å². The molecule has 0 fully saturated rings. The summed E-state index contributed by atoms with van der Waals surface area (Å²) in [4.78, 5) is 14.4. The van der Waals surface area contributed by atoms with Crippen LogP contribution in [0, 0.1) is 0 Å². The number of carbonyl (C=O) groups is 1. The van der Waals surface area contributed by atoms with Crippen LogP contribution in [0.5, 0.6) is 0 Å². The Balaban J connectivity index is 1.95. The van der Waals surface area contributed by atoms with Crippen molar-refractivity contribution in [2.45, 2.75) is 13.3 Å². The second-order valence-electron chi connectivity index (χ2n) is 4.96. The average Bonchev–Trinajstić information content (AvgIpc) is 2.93. The molecule has 1 N–H and O–H groups in total. The lowest BCUT2D eigenvalue weighted by molar-refractivity contribution is -0.105. The van der Waals surface area contributed by atoms with Gasteiger partial charge in [0.2, 0.25) is 6.41 Å². The van der Waals surface area contributed by atoms with Crippen molar-refractivity contribution in [2.24, 2.45) is 0 Å². The van der Waals surface area contributed by atoms with Crippen molar-refractivity contribution in [3.63, 3.8) is 0 Å². The van der Waals surface area contributed by atoms with Gasteiger partial charge in [-0.3, -0.25) is 9.69 Å². The van der Waals surface area contributed by atoms with Crippen molar-refractivity contribution in [3.05, 3.63) is 35.2 Å². The van der Waals surface area contributed by atoms with Gasteiger partial charge in [-0.2, -0.15) is 0 Å². The number of hydrogen-bond donors (Lipinski definition) is 1. The molecule has 0 bridgehead atoms. The molecule has 4 heteroatoms. The highest BCUT2D eigenvalue weighted by Gasteiger charge is 2.14. The van der Waals surface area contributed by atoms with Crippen molar-refractivity contribution >= 4 is 39.1 Å². The summed E-state index contributed by atoms with van der Waals surface area (Å²) in [6.45, 7) is 5.49. The Morgan fingerprint density at radius 1 is 1.45 bits per heavy atom. The molecule has 0 aliphatic carbocycles. The van der Waals surface area contributed by atoms with Crippen LogP contribution >= 0.6 is 11.3 Å². The minimum absolute atomic E-state index is 0.741. The van der Waals surface area contributed by atoms with E-state index in [9.17, 15) is 4.79 Å². The standard InChI is InChI=1S/C16H18N2OS/c1-2-18-8-6-12(7-9-18)16-10-13-14(17-11-19)4-3-5-15(13)20-16/h3-6,10-11H,2,7-9H2,1H3,(H,17,19). The summed E-state index contributed by atoms with van der Waals surface area (Å²) in [5.74, 6) is 0. The highest BCUT2D eigenvalue weighted by Crippen LogP contribution is 2.36. The van der Waals surface area contributed by atoms with Gasteiger partial charge in [0.1, 0.15) is 0 Å². The van der Waals surface area contributed by atoms with Crippen LogP contribution in [0.25, 0.3) is 15.7 Å². The third-order valence-electron chi connectivity index (χ3n) is 3.83. The van der Waals surface area contributed by atoms with Gasteiger partial charge >= 0.3 is 0 Å². The highest BCUT2D eigenvalue weighted by atomic mass is 32.1. The minimum Gasteiger partial charge on any atom is -0.328 e. The Morgan fingerprint density at radius 3 is 3.05 bits per heavy atom. The molecule has 0 radical (unpaired) electrons. The van der Waals surface area contributed by atoms with E-state index in [4.69, 9.17) is 0 Å². The minimum atomic E-state index is 0.741. The number of thiophene rings is 1. The van der Waals surface area contributed by atoms with E-state index < -0.39 is 0 Å². The summed E-state index contributed by atoms with van der Waals surface area (Å²) in [6.07, 6.45) is 4.19. The van der Waals surface area contributed by atoms with Gasteiger partial charge in [-0.05, 0) is 36.7 Å². The number of nitrogens with one attached hydrogen (secondary N) is 1. The fourth-order valence-electron chi connectivity index (χ4n) is 2.63. The van der Waals surface area contributed by atoms with E-state index in [1.165, 1.54) is 15.2 Å². The first-order chi connectivity index (χ1) is 9.81. The number of benzene rings is 1. The molecule has 2 aromatic rings. The predicted octanol–water partition coefficient (Wildman–Crippen LogP) is 3.58. The predicted molar refractivity (Wildman–Crippen MR) is 86.2 cm³/mol. The fourth-order valence-corrected chi connectivity index (χ4v) is 3.79. The largest absolute Gasteiger partial charge is 0.328 e. The number of nitrogens with zero attached hydrogens (tertiary/aromatic N) is 1. The molecule has 1 aliphatic heterocycles. The molecule has 3 rings (SSSR count). The molecule has 1 aromatic carbocycles. The number of fused-ring (bicyclic) bond motifs is 1. The molecule has 20 heavy (non-hydrogen) atoms. The van der Waals surface area contributed by atoms with Gasteiger partial charge < -0.3 is 5.32 Å². The Labute approximate surface area is 122 Å². The molecule has 2 heterocycles. The summed E-state index contributed by atoms with van der Waals surface area (Å²) in [7, 11) is 0. The summed E-state index contributed by atoms with van der Waals surface area (Å²) in [5.41, 5.74) is 2.33. The summed E-state index contributed by atoms with van der Waals surface area (Å²) in [5, 5.41) is 3.92. The molecular weight excluding hydrogens is 268 g/mol. The Morgan fingerprint density at radius 2 is 2.35 bits per heavy atom. The van der Waals surface area contributed by atoms with E-state index in [0.29, 0.717) is 0 Å². The molecule has 1 aromatic heterocycles. The quantitative estimate of drug-likeness (QED) is 0.871.